The van der Waals surface area contributed by atoms with Crippen molar-refractivity contribution in [3.8, 4) is 0 Å². The molecule has 0 fully saturated rings. The molecule has 4 rings (SSSR count). The highest BCUT2D eigenvalue weighted by molar-refractivity contribution is 5.77. The molecule has 3 aromatic rings. The first kappa shape index (κ1) is 14.7. The maximum Gasteiger partial charge on any atom is 0.329 e. The maximum absolute atomic E-state index is 12.4. The number of aromatic amines is 1. The largest absolute Gasteiger partial charge is 0.329 e. The van der Waals surface area contributed by atoms with Gasteiger partial charge < -0.3 is 9.47 Å². The molecule has 0 radical (unpaired) electrons. The summed E-state index contributed by atoms with van der Waals surface area (Å²) in [5, 5.41) is 0. The summed E-state index contributed by atoms with van der Waals surface area (Å²) < 4.78 is 3.32. The van der Waals surface area contributed by atoms with Crippen LogP contribution in [-0.2, 0) is 13.6 Å². The van der Waals surface area contributed by atoms with Crippen LogP contribution >= 0.6 is 0 Å². The quantitative estimate of drug-likeness (QED) is 0.736. The third kappa shape index (κ3) is 2.01. The topological polar surface area (TPSA) is 75.9 Å². The Kier molecular flexibility index (Phi) is 3.13. The minimum atomic E-state index is -0.446. The lowest BCUT2D eigenvalue weighted by molar-refractivity contribution is 0.458. The highest BCUT2D eigenvalue weighted by Crippen LogP contribution is 2.34. The number of nitrogens with one attached hydrogen (secondary N) is 1. The lowest BCUT2D eigenvalue weighted by Crippen LogP contribution is -2.35. The molecule has 1 atom stereocenters. The lowest BCUT2D eigenvalue weighted by atomic mass is 10.1. The average Bonchev–Trinajstić information content (AvgIpc) is 2.92. The number of benzene rings is 1. The third-order valence-electron chi connectivity index (χ3n) is 4.62. The van der Waals surface area contributed by atoms with Gasteiger partial charge in [-0.2, -0.15) is 4.98 Å². The van der Waals surface area contributed by atoms with E-state index in [1.165, 1.54) is 4.57 Å². The first-order valence-electron chi connectivity index (χ1n) is 8.00. The predicted molar refractivity (Wildman–Crippen MR) is 92.9 cm³/mol. The second-order valence-corrected chi connectivity index (χ2v) is 6.52. The Balaban J connectivity index is 2.05. The van der Waals surface area contributed by atoms with E-state index in [0.717, 1.165) is 17.8 Å². The molecule has 1 aliphatic heterocycles. The van der Waals surface area contributed by atoms with Crippen LogP contribution in [0.25, 0.3) is 11.2 Å². The molecule has 0 amide bonds. The summed E-state index contributed by atoms with van der Waals surface area (Å²) in [6, 6.07) is 8.12. The zero-order chi connectivity index (χ0) is 17.0. The molecule has 1 N–H and O–H groups in total. The summed E-state index contributed by atoms with van der Waals surface area (Å²) in [7, 11) is 1.63. The van der Waals surface area contributed by atoms with Gasteiger partial charge in [0.1, 0.15) is 0 Å². The Hall–Kier alpha value is -2.83. The van der Waals surface area contributed by atoms with E-state index in [0.29, 0.717) is 29.6 Å². The zero-order valence-electron chi connectivity index (χ0n) is 13.9. The van der Waals surface area contributed by atoms with Crippen LogP contribution in [0.15, 0.2) is 33.9 Å². The third-order valence-corrected chi connectivity index (χ3v) is 4.62. The van der Waals surface area contributed by atoms with Gasteiger partial charge in [-0.25, -0.2) is 4.79 Å². The second kappa shape index (κ2) is 5.09. The number of rotatable bonds is 1. The van der Waals surface area contributed by atoms with Gasteiger partial charge in [-0.1, -0.05) is 25.1 Å². The predicted octanol–water partition coefficient (Wildman–Crippen LogP) is 1.52. The molecule has 3 heterocycles. The van der Waals surface area contributed by atoms with Gasteiger partial charge in [0.25, 0.3) is 5.56 Å². The molecule has 0 saturated carbocycles. The number of aromatic nitrogens is 4. The van der Waals surface area contributed by atoms with E-state index < -0.39 is 5.69 Å². The van der Waals surface area contributed by atoms with Crippen LogP contribution in [0.5, 0.6) is 0 Å². The van der Waals surface area contributed by atoms with E-state index in [2.05, 4.69) is 40.8 Å². The number of nitrogens with zero attached hydrogens (tertiary/aromatic N) is 4. The van der Waals surface area contributed by atoms with Crippen LogP contribution < -0.4 is 16.1 Å². The van der Waals surface area contributed by atoms with Crippen molar-refractivity contribution in [2.45, 2.75) is 20.4 Å². The fraction of sp³-hybridized carbons (Fsp3) is 0.353. The minimum absolute atomic E-state index is 0.353. The number of aryl methyl sites for hydroxylation is 2. The molecule has 7 heteroatoms. The summed E-state index contributed by atoms with van der Waals surface area (Å²) >= 11 is 0. The van der Waals surface area contributed by atoms with E-state index in [4.69, 9.17) is 0 Å². The molecule has 1 aromatic carbocycles. The van der Waals surface area contributed by atoms with Gasteiger partial charge in [0.15, 0.2) is 11.2 Å². The normalized spacial score (nSPS) is 17.3. The fourth-order valence-corrected chi connectivity index (χ4v) is 3.44. The Bertz CT molecular complexity index is 1060. The van der Waals surface area contributed by atoms with Crippen molar-refractivity contribution in [3.63, 3.8) is 0 Å². The molecule has 124 valence electrons. The van der Waals surface area contributed by atoms with Crippen LogP contribution in [0.4, 0.5) is 11.6 Å². The van der Waals surface area contributed by atoms with E-state index in [1.54, 1.807) is 7.05 Å². The van der Waals surface area contributed by atoms with Crippen LogP contribution in [-0.4, -0.2) is 25.6 Å². The van der Waals surface area contributed by atoms with Gasteiger partial charge in [-0.15, -0.1) is 0 Å². The molecule has 24 heavy (non-hydrogen) atoms. The smallest absolute Gasteiger partial charge is 0.311 e. The van der Waals surface area contributed by atoms with Crippen LogP contribution in [0.2, 0.25) is 0 Å². The Labute approximate surface area is 138 Å². The second-order valence-electron chi connectivity index (χ2n) is 6.52. The van der Waals surface area contributed by atoms with Crippen molar-refractivity contribution in [1.82, 2.24) is 19.1 Å². The standard InChI is InChI=1S/C17H19N5O2/c1-10-8-21(12-7-5-4-6-11(12)2)16-18-14-13(22(16)9-10)15(23)19-17(24)20(14)3/h4-7,10H,8-9H2,1-3H3,(H,19,23,24). The van der Waals surface area contributed by atoms with E-state index >= 15 is 0 Å². The van der Waals surface area contributed by atoms with Gasteiger partial charge in [0, 0.05) is 25.8 Å². The van der Waals surface area contributed by atoms with Crippen molar-refractivity contribution in [2.24, 2.45) is 13.0 Å². The van der Waals surface area contributed by atoms with Gasteiger partial charge in [-0.05, 0) is 24.5 Å². The zero-order valence-corrected chi connectivity index (χ0v) is 13.9. The highest BCUT2D eigenvalue weighted by atomic mass is 16.2. The number of H-pyrrole nitrogens is 1. The molecular formula is C17H19N5O2. The van der Waals surface area contributed by atoms with E-state index in [9.17, 15) is 9.59 Å². The number of fused-ring (bicyclic) bond motifs is 3. The van der Waals surface area contributed by atoms with Gasteiger partial charge in [0.2, 0.25) is 5.95 Å². The molecule has 2 aromatic heterocycles. The van der Waals surface area contributed by atoms with Crippen molar-refractivity contribution >= 4 is 22.8 Å². The van der Waals surface area contributed by atoms with Crippen LogP contribution in [0.1, 0.15) is 12.5 Å². The molecule has 0 bridgehead atoms. The molecule has 0 saturated heterocycles. The van der Waals surface area contributed by atoms with E-state index in [-0.39, 0.29) is 5.56 Å². The summed E-state index contributed by atoms with van der Waals surface area (Å²) in [6.07, 6.45) is 0. The number of hydrogen-bond acceptors (Lipinski definition) is 4. The maximum atomic E-state index is 12.4. The Morgan fingerprint density at radius 1 is 1.21 bits per heavy atom. The van der Waals surface area contributed by atoms with Gasteiger partial charge in [0.05, 0.1) is 0 Å². The number of imidazole rings is 1. The van der Waals surface area contributed by atoms with Crippen LogP contribution in [0.3, 0.4) is 0 Å². The Morgan fingerprint density at radius 3 is 2.71 bits per heavy atom. The molecule has 1 aliphatic rings. The number of anilines is 2. The fourth-order valence-electron chi connectivity index (χ4n) is 3.44. The van der Waals surface area contributed by atoms with Crippen molar-refractivity contribution < 1.29 is 0 Å². The van der Waals surface area contributed by atoms with Crippen LogP contribution in [0, 0.1) is 12.8 Å². The summed E-state index contributed by atoms with van der Waals surface area (Å²) in [5.41, 5.74) is 2.27. The molecule has 0 aliphatic carbocycles. The van der Waals surface area contributed by atoms with E-state index in [1.807, 2.05) is 16.7 Å². The number of para-hydroxylation sites is 1. The van der Waals surface area contributed by atoms with Gasteiger partial charge >= 0.3 is 5.69 Å². The summed E-state index contributed by atoms with van der Waals surface area (Å²) in [4.78, 5) is 33.4. The van der Waals surface area contributed by atoms with Crippen molar-refractivity contribution in [3.05, 3.63) is 50.7 Å². The Morgan fingerprint density at radius 2 is 1.96 bits per heavy atom. The summed E-state index contributed by atoms with van der Waals surface area (Å²) in [6.45, 7) is 5.73. The van der Waals surface area contributed by atoms with Crippen molar-refractivity contribution in [2.75, 3.05) is 11.4 Å². The lowest BCUT2D eigenvalue weighted by Gasteiger charge is -2.33. The highest BCUT2D eigenvalue weighted by Gasteiger charge is 2.29. The monoisotopic (exact) mass is 325 g/mol. The number of hydrogen-bond donors (Lipinski definition) is 1. The minimum Gasteiger partial charge on any atom is -0.311 e. The van der Waals surface area contributed by atoms with Gasteiger partial charge in [-0.3, -0.25) is 14.3 Å². The first-order chi connectivity index (χ1) is 11.5. The van der Waals surface area contributed by atoms with Crippen molar-refractivity contribution in [1.29, 1.82) is 0 Å². The molecule has 1 unspecified atom stereocenters. The molecule has 7 nitrogen and oxygen atoms in total. The molecule has 0 spiro atoms. The summed E-state index contributed by atoms with van der Waals surface area (Å²) in [5.74, 6) is 1.07. The average molecular weight is 325 g/mol. The molecular weight excluding hydrogens is 306 g/mol. The SMILES string of the molecule is Cc1ccccc1N1CC(C)Cn2c1nc1c2c(=O)[nH]c(=O)n1C. The first-order valence-corrected chi connectivity index (χ1v) is 8.00.